The minimum Gasteiger partial charge on any atom is -0.453 e. The first-order chi connectivity index (χ1) is 9.49. The van der Waals surface area contributed by atoms with Crippen LogP contribution in [0.2, 0.25) is 0 Å². The maximum absolute atomic E-state index is 11.7. The number of rotatable bonds is 5. The Bertz CT molecular complexity index is 700. The Morgan fingerprint density at radius 1 is 1.40 bits per heavy atom. The second-order valence-corrected chi connectivity index (χ2v) is 4.27. The highest BCUT2D eigenvalue weighted by molar-refractivity contribution is 5.81. The van der Waals surface area contributed by atoms with Crippen molar-refractivity contribution in [2.24, 2.45) is 5.73 Å². The van der Waals surface area contributed by atoms with Gasteiger partial charge >= 0.3 is 11.7 Å². The zero-order valence-electron chi connectivity index (χ0n) is 10.9. The van der Waals surface area contributed by atoms with Crippen LogP contribution in [0.5, 0.6) is 0 Å². The van der Waals surface area contributed by atoms with E-state index in [4.69, 9.17) is 14.9 Å². The van der Waals surface area contributed by atoms with Gasteiger partial charge in [0.2, 0.25) is 0 Å². The van der Waals surface area contributed by atoms with Crippen LogP contribution in [0.25, 0.3) is 11.1 Å². The van der Waals surface area contributed by atoms with E-state index >= 15 is 0 Å². The molecule has 0 saturated heterocycles. The number of esters is 1. The van der Waals surface area contributed by atoms with Crippen LogP contribution in [-0.4, -0.2) is 22.5 Å². The standard InChI is InChI=1S/C13H14N2O5/c1-8(12(14)17)19-11(16)6-7-15-9-4-2-3-5-10(9)20-13(15)18/h2-5,8H,6-7H2,1H3,(H2,14,17)/t8-/m0/s1. The monoisotopic (exact) mass is 278 g/mol. The Labute approximate surface area is 113 Å². The second-order valence-electron chi connectivity index (χ2n) is 4.27. The van der Waals surface area contributed by atoms with Crippen molar-refractivity contribution in [2.45, 2.75) is 26.0 Å². The van der Waals surface area contributed by atoms with Crippen molar-refractivity contribution in [2.75, 3.05) is 0 Å². The number of ether oxygens (including phenoxy) is 1. The van der Waals surface area contributed by atoms with E-state index in [1.54, 1.807) is 24.3 Å². The highest BCUT2D eigenvalue weighted by atomic mass is 16.5. The molecule has 0 aliphatic carbocycles. The molecule has 2 N–H and O–H groups in total. The van der Waals surface area contributed by atoms with Gasteiger partial charge in [-0.15, -0.1) is 0 Å². The molecule has 0 aliphatic heterocycles. The Hall–Kier alpha value is -2.57. The van der Waals surface area contributed by atoms with E-state index in [1.807, 2.05) is 0 Å². The fourth-order valence-electron chi connectivity index (χ4n) is 1.74. The number of amides is 1. The third kappa shape index (κ3) is 2.87. The van der Waals surface area contributed by atoms with Gasteiger partial charge in [-0.2, -0.15) is 0 Å². The molecule has 1 heterocycles. The Morgan fingerprint density at radius 2 is 2.10 bits per heavy atom. The topological polar surface area (TPSA) is 105 Å². The van der Waals surface area contributed by atoms with Crippen molar-refractivity contribution in [3.05, 3.63) is 34.8 Å². The second kappa shape index (κ2) is 5.60. The van der Waals surface area contributed by atoms with Gasteiger partial charge < -0.3 is 14.9 Å². The summed E-state index contributed by atoms with van der Waals surface area (Å²) in [6.45, 7) is 1.50. The number of carbonyl (C=O) groups excluding carboxylic acids is 2. The number of primary amides is 1. The van der Waals surface area contributed by atoms with Gasteiger partial charge in [0, 0.05) is 6.54 Å². The number of para-hydroxylation sites is 2. The van der Waals surface area contributed by atoms with E-state index in [1.165, 1.54) is 11.5 Å². The van der Waals surface area contributed by atoms with Gasteiger partial charge in [-0.25, -0.2) is 4.79 Å². The summed E-state index contributed by atoms with van der Waals surface area (Å²) in [4.78, 5) is 33.9. The summed E-state index contributed by atoms with van der Waals surface area (Å²) in [5.41, 5.74) is 6.05. The lowest BCUT2D eigenvalue weighted by Crippen LogP contribution is -2.31. The van der Waals surface area contributed by atoms with E-state index in [9.17, 15) is 14.4 Å². The largest absolute Gasteiger partial charge is 0.453 e. The van der Waals surface area contributed by atoms with Crippen LogP contribution in [0.1, 0.15) is 13.3 Å². The number of benzene rings is 1. The van der Waals surface area contributed by atoms with Crippen LogP contribution in [0.15, 0.2) is 33.5 Å². The lowest BCUT2D eigenvalue weighted by atomic mass is 10.3. The van der Waals surface area contributed by atoms with Crippen molar-refractivity contribution in [1.82, 2.24) is 4.57 Å². The number of aromatic nitrogens is 1. The van der Waals surface area contributed by atoms with Gasteiger partial charge in [-0.3, -0.25) is 14.2 Å². The highest BCUT2D eigenvalue weighted by Gasteiger charge is 2.15. The minimum atomic E-state index is -0.986. The predicted molar refractivity (Wildman–Crippen MR) is 69.8 cm³/mol. The van der Waals surface area contributed by atoms with Crippen molar-refractivity contribution < 1.29 is 18.7 Å². The highest BCUT2D eigenvalue weighted by Crippen LogP contribution is 2.12. The van der Waals surface area contributed by atoms with E-state index in [0.29, 0.717) is 11.1 Å². The molecular weight excluding hydrogens is 264 g/mol. The third-order valence-electron chi connectivity index (χ3n) is 2.82. The maximum Gasteiger partial charge on any atom is 0.419 e. The van der Waals surface area contributed by atoms with Crippen LogP contribution in [-0.2, 0) is 20.9 Å². The number of oxazole rings is 1. The summed E-state index contributed by atoms with van der Waals surface area (Å²) >= 11 is 0. The fraction of sp³-hybridized carbons (Fsp3) is 0.308. The number of nitrogens with two attached hydrogens (primary N) is 1. The molecule has 1 aromatic heterocycles. The lowest BCUT2D eigenvalue weighted by Gasteiger charge is -2.09. The SMILES string of the molecule is C[C@H](OC(=O)CCn1c(=O)oc2ccccc21)C(N)=O. The molecule has 1 amide bonds. The molecular formula is C13H14N2O5. The van der Waals surface area contributed by atoms with Crippen molar-refractivity contribution in [1.29, 1.82) is 0 Å². The molecule has 0 spiro atoms. The minimum absolute atomic E-state index is 0.0545. The molecule has 2 rings (SSSR count). The van der Waals surface area contributed by atoms with E-state index in [0.717, 1.165) is 0 Å². The molecule has 0 radical (unpaired) electrons. The molecule has 0 saturated carbocycles. The van der Waals surface area contributed by atoms with Crippen LogP contribution in [0.3, 0.4) is 0 Å². The summed E-state index contributed by atoms with van der Waals surface area (Å²) in [6.07, 6.45) is -1.04. The fourth-order valence-corrected chi connectivity index (χ4v) is 1.74. The van der Waals surface area contributed by atoms with Crippen molar-refractivity contribution >= 4 is 23.0 Å². The van der Waals surface area contributed by atoms with Gasteiger partial charge in [0.1, 0.15) is 0 Å². The van der Waals surface area contributed by atoms with Crippen molar-refractivity contribution in [3.63, 3.8) is 0 Å². The molecule has 7 nitrogen and oxygen atoms in total. The number of hydrogen-bond acceptors (Lipinski definition) is 5. The smallest absolute Gasteiger partial charge is 0.419 e. The molecule has 20 heavy (non-hydrogen) atoms. The first-order valence-corrected chi connectivity index (χ1v) is 6.06. The number of hydrogen-bond donors (Lipinski definition) is 1. The lowest BCUT2D eigenvalue weighted by molar-refractivity contribution is -0.153. The molecule has 2 aromatic rings. The van der Waals surface area contributed by atoms with Crippen molar-refractivity contribution in [3.8, 4) is 0 Å². The van der Waals surface area contributed by atoms with Crippen LogP contribution in [0.4, 0.5) is 0 Å². The van der Waals surface area contributed by atoms with Gasteiger partial charge in [0.25, 0.3) is 5.91 Å². The first-order valence-electron chi connectivity index (χ1n) is 6.06. The molecule has 0 fully saturated rings. The number of carbonyl (C=O) groups is 2. The normalized spacial score (nSPS) is 12.2. The molecule has 0 aliphatic rings. The number of fused-ring (bicyclic) bond motifs is 1. The molecule has 1 atom stereocenters. The number of nitrogens with zero attached hydrogens (tertiary/aromatic N) is 1. The molecule has 1 aromatic carbocycles. The first kappa shape index (κ1) is 13.9. The van der Waals surface area contributed by atoms with Crippen LogP contribution >= 0.6 is 0 Å². The molecule has 0 unspecified atom stereocenters. The Balaban J connectivity index is 2.06. The Morgan fingerprint density at radius 3 is 2.80 bits per heavy atom. The van der Waals surface area contributed by atoms with E-state index in [2.05, 4.69) is 0 Å². The quantitative estimate of drug-likeness (QED) is 0.797. The summed E-state index contributed by atoms with van der Waals surface area (Å²) < 4.78 is 11.2. The van der Waals surface area contributed by atoms with Crippen LogP contribution < -0.4 is 11.5 Å². The van der Waals surface area contributed by atoms with Gasteiger partial charge in [-0.1, -0.05) is 12.1 Å². The molecule has 7 heteroatoms. The molecule has 0 bridgehead atoms. The van der Waals surface area contributed by atoms with E-state index in [-0.39, 0.29) is 13.0 Å². The van der Waals surface area contributed by atoms with Gasteiger partial charge in [0.15, 0.2) is 11.7 Å². The molecule has 106 valence electrons. The van der Waals surface area contributed by atoms with Gasteiger partial charge in [0.05, 0.1) is 11.9 Å². The summed E-state index contributed by atoms with van der Waals surface area (Å²) in [5.74, 6) is -1.86. The third-order valence-corrected chi connectivity index (χ3v) is 2.82. The average Bonchev–Trinajstić information content (AvgIpc) is 2.71. The summed E-state index contributed by atoms with van der Waals surface area (Å²) in [6, 6.07) is 6.90. The summed E-state index contributed by atoms with van der Waals surface area (Å²) in [7, 11) is 0. The Kier molecular flexibility index (Phi) is 3.88. The predicted octanol–water partition coefficient (Wildman–Crippen LogP) is 0.402. The maximum atomic E-state index is 11.7. The van der Waals surface area contributed by atoms with Gasteiger partial charge in [-0.05, 0) is 19.1 Å². The average molecular weight is 278 g/mol. The number of aryl methyl sites for hydroxylation is 1. The summed E-state index contributed by atoms with van der Waals surface area (Å²) in [5, 5.41) is 0. The zero-order valence-corrected chi connectivity index (χ0v) is 10.9. The van der Waals surface area contributed by atoms with E-state index < -0.39 is 23.7 Å². The zero-order chi connectivity index (χ0) is 14.7. The van der Waals surface area contributed by atoms with Crippen LogP contribution in [0, 0.1) is 0 Å².